The molecule has 1 atom stereocenters. The van der Waals surface area contributed by atoms with Gasteiger partial charge >= 0.3 is 0 Å². The first-order valence-electron chi connectivity index (χ1n) is 6.81. The van der Waals surface area contributed by atoms with Gasteiger partial charge in [0.1, 0.15) is 6.04 Å². The molecule has 2 fully saturated rings. The Morgan fingerprint density at radius 3 is 2.67 bits per heavy atom. The van der Waals surface area contributed by atoms with E-state index in [0.29, 0.717) is 19.1 Å². The maximum absolute atomic E-state index is 12.0. The van der Waals surface area contributed by atoms with Crippen molar-refractivity contribution in [2.45, 2.75) is 45.6 Å². The van der Waals surface area contributed by atoms with Gasteiger partial charge in [0, 0.05) is 12.5 Å². The third-order valence-electron chi connectivity index (χ3n) is 3.35. The molecule has 1 saturated heterocycles. The Balaban J connectivity index is 1.82. The first-order chi connectivity index (χ1) is 8.59. The third kappa shape index (κ3) is 3.22. The Kier molecular flexibility index (Phi) is 4.22. The van der Waals surface area contributed by atoms with E-state index in [4.69, 9.17) is 4.84 Å². The van der Waals surface area contributed by atoms with Crippen LogP contribution in [0.1, 0.15) is 39.5 Å². The molecule has 5 heteroatoms. The quantitative estimate of drug-likeness (QED) is 0.747. The first-order valence-corrected chi connectivity index (χ1v) is 6.81. The molecular formula is C13H22N2O3. The lowest BCUT2D eigenvalue weighted by atomic mass is 10.2. The summed E-state index contributed by atoms with van der Waals surface area (Å²) in [6, 6.07) is -0.328. The fourth-order valence-electron chi connectivity index (χ4n) is 2.22. The van der Waals surface area contributed by atoms with Crippen LogP contribution in [0, 0.1) is 11.8 Å². The second-order valence-corrected chi connectivity index (χ2v) is 5.64. The van der Waals surface area contributed by atoms with E-state index in [9.17, 15) is 9.59 Å². The second-order valence-electron chi connectivity index (χ2n) is 5.64. The molecule has 2 rings (SSSR count). The summed E-state index contributed by atoms with van der Waals surface area (Å²) in [5.41, 5.74) is 2.47. The van der Waals surface area contributed by atoms with Gasteiger partial charge in [-0.1, -0.05) is 13.8 Å². The number of amides is 2. The van der Waals surface area contributed by atoms with E-state index in [0.717, 1.165) is 25.7 Å². The summed E-state index contributed by atoms with van der Waals surface area (Å²) in [6.45, 7) is 5.24. The topological polar surface area (TPSA) is 58.6 Å². The minimum atomic E-state index is -0.328. The van der Waals surface area contributed by atoms with Crippen LogP contribution in [0.2, 0.25) is 0 Å². The minimum absolute atomic E-state index is 0.150. The lowest BCUT2D eigenvalue weighted by Gasteiger charge is -2.23. The largest absolute Gasteiger partial charge is 0.330 e. The van der Waals surface area contributed by atoms with Crippen LogP contribution in [0.4, 0.5) is 0 Å². The molecule has 2 amide bonds. The Labute approximate surface area is 108 Å². The zero-order chi connectivity index (χ0) is 13.1. The fourth-order valence-corrected chi connectivity index (χ4v) is 2.22. The Morgan fingerprint density at radius 2 is 2.06 bits per heavy atom. The Hall–Kier alpha value is -1.10. The summed E-state index contributed by atoms with van der Waals surface area (Å²) in [5, 5.41) is 0. The normalized spacial score (nSPS) is 23.5. The number of carbonyl (C=O) groups excluding carboxylic acids is 2. The van der Waals surface area contributed by atoms with Crippen LogP contribution >= 0.6 is 0 Å². The smallest absolute Gasteiger partial charge is 0.266 e. The lowest BCUT2D eigenvalue weighted by Crippen LogP contribution is -2.46. The van der Waals surface area contributed by atoms with Gasteiger partial charge in [0.15, 0.2) is 0 Å². The van der Waals surface area contributed by atoms with Crippen molar-refractivity contribution < 1.29 is 14.4 Å². The summed E-state index contributed by atoms with van der Waals surface area (Å²) in [4.78, 5) is 30.8. The molecule has 1 heterocycles. The van der Waals surface area contributed by atoms with Crippen LogP contribution < -0.4 is 5.48 Å². The molecule has 0 bridgehead atoms. The van der Waals surface area contributed by atoms with E-state index in [1.165, 1.54) is 0 Å². The summed E-state index contributed by atoms with van der Waals surface area (Å²) in [7, 11) is 0. The van der Waals surface area contributed by atoms with Gasteiger partial charge in [-0.15, -0.1) is 0 Å². The number of carbonyl (C=O) groups is 2. The van der Waals surface area contributed by atoms with Crippen molar-refractivity contribution in [1.82, 2.24) is 10.4 Å². The molecule has 1 saturated carbocycles. The van der Waals surface area contributed by atoms with Gasteiger partial charge in [-0.25, -0.2) is 5.48 Å². The highest BCUT2D eigenvalue weighted by Crippen LogP contribution is 2.33. The van der Waals surface area contributed by atoms with E-state index < -0.39 is 0 Å². The van der Waals surface area contributed by atoms with E-state index in [2.05, 4.69) is 5.48 Å². The zero-order valence-electron chi connectivity index (χ0n) is 11.1. The van der Waals surface area contributed by atoms with Gasteiger partial charge in [0.25, 0.3) is 5.91 Å². The molecule has 1 N–H and O–H groups in total. The molecule has 1 aliphatic heterocycles. The molecule has 2 aliphatic rings. The highest BCUT2D eigenvalue weighted by atomic mass is 16.7. The highest BCUT2D eigenvalue weighted by molar-refractivity contribution is 5.89. The van der Waals surface area contributed by atoms with E-state index in [1.54, 1.807) is 4.90 Å². The van der Waals surface area contributed by atoms with E-state index >= 15 is 0 Å². The maximum atomic E-state index is 12.0. The number of hydrogen-bond donors (Lipinski definition) is 1. The molecule has 102 valence electrons. The van der Waals surface area contributed by atoms with E-state index in [1.807, 2.05) is 13.8 Å². The first kappa shape index (κ1) is 13.3. The second kappa shape index (κ2) is 5.69. The molecule has 1 unspecified atom stereocenters. The van der Waals surface area contributed by atoms with Gasteiger partial charge in [0.05, 0.1) is 6.61 Å². The Bertz CT molecular complexity index is 326. The lowest BCUT2D eigenvalue weighted by molar-refractivity contribution is -0.146. The van der Waals surface area contributed by atoms with Crippen molar-refractivity contribution >= 4 is 11.8 Å². The van der Waals surface area contributed by atoms with Crippen molar-refractivity contribution in [2.24, 2.45) is 11.8 Å². The van der Waals surface area contributed by atoms with Gasteiger partial charge < -0.3 is 4.90 Å². The van der Waals surface area contributed by atoms with Crippen molar-refractivity contribution in [1.29, 1.82) is 0 Å². The standard InChI is InChI=1S/C13H22N2O3/c1-9(2)8-18-14-12(16)11-4-3-7-15(11)13(17)10-5-6-10/h9-11H,3-8H2,1-2H3,(H,14,16). The number of hydroxylamine groups is 1. The van der Waals surface area contributed by atoms with Crippen LogP contribution in [0.15, 0.2) is 0 Å². The third-order valence-corrected chi connectivity index (χ3v) is 3.35. The maximum Gasteiger partial charge on any atom is 0.266 e. The van der Waals surface area contributed by atoms with Crippen LogP contribution in [0.25, 0.3) is 0 Å². The van der Waals surface area contributed by atoms with Crippen molar-refractivity contribution in [2.75, 3.05) is 13.2 Å². The van der Waals surface area contributed by atoms with Crippen LogP contribution in [-0.2, 0) is 14.4 Å². The summed E-state index contributed by atoms with van der Waals surface area (Å²) >= 11 is 0. The van der Waals surface area contributed by atoms with Gasteiger partial charge in [-0.3, -0.25) is 14.4 Å². The minimum Gasteiger partial charge on any atom is -0.330 e. The Morgan fingerprint density at radius 1 is 1.33 bits per heavy atom. The van der Waals surface area contributed by atoms with Crippen molar-refractivity contribution in [3.8, 4) is 0 Å². The van der Waals surface area contributed by atoms with Crippen molar-refractivity contribution in [3.05, 3.63) is 0 Å². The number of rotatable bonds is 5. The molecule has 0 radical (unpaired) electrons. The predicted molar refractivity (Wildman–Crippen MR) is 66.4 cm³/mol. The summed E-state index contributed by atoms with van der Waals surface area (Å²) in [6.07, 6.45) is 3.61. The van der Waals surface area contributed by atoms with Crippen molar-refractivity contribution in [3.63, 3.8) is 0 Å². The summed E-state index contributed by atoms with van der Waals surface area (Å²) in [5.74, 6) is 0.520. The monoisotopic (exact) mass is 254 g/mol. The molecule has 0 spiro atoms. The number of nitrogens with one attached hydrogen (secondary N) is 1. The molecular weight excluding hydrogens is 232 g/mol. The molecule has 0 aromatic heterocycles. The molecule has 0 aromatic rings. The van der Waals surface area contributed by atoms with Gasteiger partial charge in [0.2, 0.25) is 5.91 Å². The molecule has 0 aromatic carbocycles. The van der Waals surface area contributed by atoms with Gasteiger partial charge in [-0.05, 0) is 31.6 Å². The van der Waals surface area contributed by atoms with E-state index in [-0.39, 0.29) is 23.8 Å². The van der Waals surface area contributed by atoms with Crippen LogP contribution in [-0.4, -0.2) is 35.9 Å². The number of nitrogens with zero attached hydrogens (tertiary/aromatic N) is 1. The average molecular weight is 254 g/mol. The number of likely N-dealkylation sites (tertiary alicyclic amines) is 1. The fraction of sp³-hybridized carbons (Fsp3) is 0.846. The number of hydrogen-bond acceptors (Lipinski definition) is 3. The summed E-state index contributed by atoms with van der Waals surface area (Å²) < 4.78 is 0. The SMILES string of the molecule is CC(C)CONC(=O)C1CCCN1C(=O)C1CC1. The molecule has 18 heavy (non-hydrogen) atoms. The predicted octanol–water partition coefficient (Wildman–Crippen LogP) is 1.09. The highest BCUT2D eigenvalue weighted by Gasteiger charge is 2.40. The van der Waals surface area contributed by atoms with Crippen LogP contribution in [0.3, 0.4) is 0 Å². The van der Waals surface area contributed by atoms with Crippen LogP contribution in [0.5, 0.6) is 0 Å². The zero-order valence-corrected chi connectivity index (χ0v) is 11.1. The molecule has 5 nitrogen and oxygen atoms in total. The average Bonchev–Trinajstić information content (AvgIpc) is 3.04. The van der Waals surface area contributed by atoms with Gasteiger partial charge in [-0.2, -0.15) is 0 Å². The molecule has 1 aliphatic carbocycles.